The number of aromatic nitrogens is 1. The predicted octanol–water partition coefficient (Wildman–Crippen LogP) is 2.92. The molecule has 19 heavy (non-hydrogen) atoms. The fourth-order valence-electron chi connectivity index (χ4n) is 2.42. The molecule has 0 aliphatic carbocycles. The molecule has 2 aromatic rings. The second-order valence-corrected chi connectivity index (χ2v) is 4.66. The number of nitrogens with zero attached hydrogens (tertiary/aromatic N) is 2. The molecular weight excluding hydrogens is 234 g/mol. The lowest BCUT2D eigenvalue weighted by Crippen LogP contribution is -2.33. The van der Waals surface area contributed by atoms with E-state index < -0.39 is 0 Å². The zero-order valence-electron chi connectivity index (χ0n) is 11.6. The molecule has 0 amide bonds. The zero-order valence-corrected chi connectivity index (χ0v) is 11.6. The number of hydrogen-bond donors (Lipinski definition) is 1. The Morgan fingerprint density at radius 3 is 2.53 bits per heavy atom. The number of aryl methyl sites for hydroxylation is 1. The molecule has 1 aromatic heterocycles. The third-order valence-corrected chi connectivity index (χ3v) is 3.36. The molecule has 1 heterocycles. The van der Waals surface area contributed by atoms with Crippen molar-refractivity contribution in [3.05, 3.63) is 59.9 Å². The Hall–Kier alpha value is -1.87. The lowest BCUT2D eigenvalue weighted by Gasteiger charge is -2.32. The summed E-state index contributed by atoms with van der Waals surface area (Å²) in [5.74, 6) is 0. The Morgan fingerprint density at radius 1 is 1.21 bits per heavy atom. The Bertz CT molecular complexity index is 510. The van der Waals surface area contributed by atoms with Gasteiger partial charge in [0, 0.05) is 31.2 Å². The van der Waals surface area contributed by atoms with Gasteiger partial charge in [0.1, 0.15) is 0 Å². The highest BCUT2D eigenvalue weighted by Gasteiger charge is 2.18. The van der Waals surface area contributed by atoms with Gasteiger partial charge in [0.25, 0.3) is 0 Å². The monoisotopic (exact) mass is 255 g/mol. The fraction of sp³-hybridized carbons (Fsp3) is 0.312. The van der Waals surface area contributed by atoms with Crippen molar-refractivity contribution in [2.45, 2.75) is 19.9 Å². The second-order valence-electron chi connectivity index (χ2n) is 4.66. The highest BCUT2D eigenvalue weighted by molar-refractivity contribution is 5.50. The number of benzene rings is 1. The van der Waals surface area contributed by atoms with Crippen LogP contribution >= 0.6 is 0 Å². The van der Waals surface area contributed by atoms with Gasteiger partial charge in [0.2, 0.25) is 0 Å². The molecule has 2 N–H and O–H groups in total. The lowest BCUT2D eigenvalue weighted by atomic mass is 10.1. The van der Waals surface area contributed by atoms with E-state index in [4.69, 9.17) is 5.73 Å². The highest BCUT2D eigenvalue weighted by Crippen LogP contribution is 2.26. The topological polar surface area (TPSA) is 42.1 Å². The first-order valence-electron chi connectivity index (χ1n) is 6.69. The van der Waals surface area contributed by atoms with Gasteiger partial charge >= 0.3 is 0 Å². The van der Waals surface area contributed by atoms with E-state index in [1.807, 2.05) is 24.5 Å². The SMILES string of the molecule is CCN(c1cccc(C)c1)C(CN)c1ccncc1. The van der Waals surface area contributed by atoms with Crippen molar-refractivity contribution in [2.75, 3.05) is 18.0 Å². The number of rotatable bonds is 5. The molecule has 1 aromatic carbocycles. The van der Waals surface area contributed by atoms with Crippen molar-refractivity contribution in [1.29, 1.82) is 0 Å². The van der Waals surface area contributed by atoms with Gasteiger partial charge in [-0.3, -0.25) is 4.98 Å². The molecule has 0 bridgehead atoms. The van der Waals surface area contributed by atoms with Crippen molar-refractivity contribution in [1.82, 2.24) is 4.98 Å². The molecule has 0 radical (unpaired) electrons. The second kappa shape index (κ2) is 6.34. The Kier molecular flexibility index (Phi) is 4.53. The van der Waals surface area contributed by atoms with E-state index >= 15 is 0 Å². The predicted molar refractivity (Wildman–Crippen MR) is 80.2 cm³/mol. The summed E-state index contributed by atoms with van der Waals surface area (Å²) in [4.78, 5) is 6.41. The maximum Gasteiger partial charge on any atom is 0.0665 e. The van der Waals surface area contributed by atoms with Gasteiger partial charge in [-0.1, -0.05) is 12.1 Å². The van der Waals surface area contributed by atoms with Crippen LogP contribution in [-0.4, -0.2) is 18.1 Å². The van der Waals surface area contributed by atoms with Gasteiger partial charge in [-0.2, -0.15) is 0 Å². The van der Waals surface area contributed by atoms with Gasteiger partial charge < -0.3 is 10.6 Å². The quantitative estimate of drug-likeness (QED) is 0.893. The van der Waals surface area contributed by atoms with Crippen LogP contribution in [0.1, 0.15) is 24.1 Å². The molecule has 2 rings (SSSR count). The van der Waals surface area contributed by atoms with Crippen molar-refractivity contribution in [2.24, 2.45) is 5.73 Å². The maximum atomic E-state index is 5.99. The molecule has 0 saturated heterocycles. The summed E-state index contributed by atoms with van der Waals surface area (Å²) in [6.07, 6.45) is 3.64. The molecule has 100 valence electrons. The van der Waals surface area contributed by atoms with E-state index in [1.165, 1.54) is 16.8 Å². The van der Waals surface area contributed by atoms with Crippen LogP contribution in [0, 0.1) is 6.92 Å². The summed E-state index contributed by atoms with van der Waals surface area (Å²) in [6.45, 7) is 5.78. The molecule has 0 aliphatic heterocycles. The van der Waals surface area contributed by atoms with E-state index in [2.05, 4.69) is 48.0 Å². The Labute approximate surface area is 115 Å². The summed E-state index contributed by atoms with van der Waals surface area (Å²) in [5.41, 5.74) is 9.69. The summed E-state index contributed by atoms with van der Waals surface area (Å²) < 4.78 is 0. The smallest absolute Gasteiger partial charge is 0.0665 e. The van der Waals surface area contributed by atoms with E-state index in [0.29, 0.717) is 6.54 Å². The van der Waals surface area contributed by atoms with E-state index in [9.17, 15) is 0 Å². The van der Waals surface area contributed by atoms with Crippen molar-refractivity contribution in [3.63, 3.8) is 0 Å². The average molecular weight is 255 g/mol. The molecule has 3 heteroatoms. The summed E-state index contributed by atoms with van der Waals surface area (Å²) in [6, 6.07) is 12.8. The highest BCUT2D eigenvalue weighted by atomic mass is 15.2. The van der Waals surface area contributed by atoms with E-state index in [-0.39, 0.29) is 6.04 Å². The number of nitrogens with two attached hydrogens (primary N) is 1. The van der Waals surface area contributed by atoms with Crippen LogP contribution < -0.4 is 10.6 Å². The van der Waals surface area contributed by atoms with Gasteiger partial charge in [-0.15, -0.1) is 0 Å². The van der Waals surface area contributed by atoms with Crippen LogP contribution in [0.3, 0.4) is 0 Å². The largest absolute Gasteiger partial charge is 0.363 e. The molecule has 0 saturated carbocycles. The van der Waals surface area contributed by atoms with E-state index in [0.717, 1.165) is 6.54 Å². The standard InChI is InChI=1S/C16H21N3/c1-3-19(15-6-4-5-13(2)11-15)16(12-17)14-7-9-18-10-8-14/h4-11,16H,3,12,17H2,1-2H3. The maximum absolute atomic E-state index is 5.99. The minimum atomic E-state index is 0.190. The molecule has 0 aliphatic rings. The number of pyridine rings is 1. The summed E-state index contributed by atoms with van der Waals surface area (Å²) >= 11 is 0. The summed E-state index contributed by atoms with van der Waals surface area (Å²) in [7, 11) is 0. The normalized spacial score (nSPS) is 12.2. The third-order valence-electron chi connectivity index (χ3n) is 3.36. The van der Waals surface area contributed by atoms with Crippen LogP contribution in [-0.2, 0) is 0 Å². The first kappa shape index (κ1) is 13.6. The van der Waals surface area contributed by atoms with Gasteiger partial charge in [-0.05, 0) is 49.2 Å². The van der Waals surface area contributed by atoms with Crippen molar-refractivity contribution in [3.8, 4) is 0 Å². The van der Waals surface area contributed by atoms with Crippen molar-refractivity contribution >= 4 is 5.69 Å². The fourth-order valence-corrected chi connectivity index (χ4v) is 2.42. The number of anilines is 1. The third kappa shape index (κ3) is 3.12. The average Bonchev–Trinajstić information content (AvgIpc) is 2.45. The van der Waals surface area contributed by atoms with Crippen LogP contribution in [0.25, 0.3) is 0 Å². The van der Waals surface area contributed by atoms with Gasteiger partial charge in [0.15, 0.2) is 0 Å². The first-order chi connectivity index (χ1) is 9.26. The Balaban J connectivity index is 2.34. The van der Waals surface area contributed by atoms with Crippen molar-refractivity contribution < 1.29 is 0 Å². The molecule has 1 unspecified atom stereocenters. The van der Waals surface area contributed by atoms with E-state index in [1.54, 1.807) is 0 Å². The molecule has 0 spiro atoms. The van der Waals surface area contributed by atoms with Gasteiger partial charge in [0.05, 0.1) is 6.04 Å². The zero-order chi connectivity index (χ0) is 13.7. The minimum absolute atomic E-state index is 0.190. The molecule has 0 fully saturated rings. The Morgan fingerprint density at radius 2 is 1.95 bits per heavy atom. The number of likely N-dealkylation sites (N-methyl/N-ethyl adjacent to an activating group) is 1. The first-order valence-corrected chi connectivity index (χ1v) is 6.69. The lowest BCUT2D eigenvalue weighted by molar-refractivity contribution is 0.642. The van der Waals surface area contributed by atoms with Crippen LogP contribution in [0.2, 0.25) is 0 Å². The van der Waals surface area contributed by atoms with Crippen LogP contribution in [0.15, 0.2) is 48.8 Å². The molecular formula is C16H21N3. The van der Waals surface area contributed by atoms with Crippen LogP contribution in [0.5, 0.6) is 0 Å². The summed E-state index contributed by atoms with van der Waals surface area (Å²) in [5, 5.41) is 0. The minimum Gasteiger partial charge on any atom is -0.363 e. The number of hydrogen-bond acceptors (Lipinski definition) is 3. The molecule has 1 atom stereocenters. The van der Waals surface area contributed by atoms with Crippen LogP contribution in [0.4, 0.5) is 5.69 Å². The van der Waals surface area contributed by atoms with Gasteiger partial charge in [-0.25, -0.2) is 0 Å². The molecule has 3 nitrogen and oxygen atoms in total.